The van der Waals surface area contributed by atoms with Crippen LogP contribution >= 0.6 is 11.6 Å². The number of likely N-dealkylation sites (tertiary alicyclic amines) is 1. The lowest BCUT2D eigenvalue weighted by Crippen LogP contribution is -2.33. The van der Waals surface area contributed by atoms with E-state index in [0.717, 1.165) is 11.6 Å². The van der Waals surface area contributed by atoms with E-state index in [1.807, 2.05) is 12.1 Å². The average molecular weight is 224 g/mol. The van der Waals surface area contributed by atoms with E-state index in [-0.39, 0.29) is 0 Å². The highest BCUT2D eigenvalue weighted by Crippen LogP contribution is 2.34. The van der Waals surface area contributed by atoms with Gasteiger partial charge < -0.3 is 0 Å². The molecule has 0 saturated carbocycles. The van der Waals surface area contributed by atoms with Gasteiger partial charge in [0.15, 0.2) is 0 Å². The van der Waals surface area contributed by atoms with Crippen LogP contribution in [0.25, 0.3) is 0 Å². The number of nitrogens with zero attached hydrogens (tertiary/aromatic N) is 1. The molecule has 0 radical (unpaired) electrons. The van der Waals surface area contributed by atoms with Crippen molar-refractivity contribution >= 4 is 11.6 Å². The minimum Gasteiger partial charge on any atom is -0.297 e. The van der Waals surface area contributed by atoms with Crippen LogP contribution in [-0.4, -0.2) is 18.0 Å². The van der Waals surface area contributed by atoms with Crippen molar-refractivity contribution in [2.24, 2.45) is 0 Å². The second kappa shape index (κ2) is 5.00. The zero-order chi connectivity index (χ0) is 10.7. The summed E-state index contributed by atoms with van der Waals surface area (Å²) >= 11 is 6.25. The molecule has 15 heavy (non-hydrogen) atoms. The van der Waals surface area contributed by atoms with Crippen LogP contribution in [0.5, 0.6) is 0 Å². The smallest absolute Gasteiger partial charge is 0.0453 e. The molecule has 1 aliphatic rings. The predicted octanol–water partition coefficient (Wildman–Crippen LogP) is 3.89. The second-order valence-electron chi connectivity index (χ2n) is 4.16. The Labute approximate surface area is 97.0 Å². The van der Waals surface area contributed by atoms with Gasteiger partial charge in [-0.1, -0.05) is 43.1 Å². The van der Waals surface area contributed by atoms with E-state index >= 15 is 0 Å². The first-order chi connectivity index (χ1) is 7.33. The standard InChI is InChI=1S/C13H18ClN/c1-2-15-10-6-5-9-13(15)11-7-3-4-8-12(11)14/h3-4,7-8,13H,2,5-6,9-10H2,1H3. The summed E-state index contributed by atoms with van der Waals surface area (Å²) in [6.07, 6.45) is 3.90. The highest BCUT2D eigenvalue weighted by atomic mass is 35.5. The molecule has 1 nitrogen and oxygen atoms in total. The SMILES string of the molecule is CCN1CCCCC1c1ccccc1Cl. The monoisotopic (exact) mass is 223 g/mol. The molecule has 1 heterocycles. The number of hydrogen-bond donors (Lipinski definition) is 0. The molecule has 2 heteroatoms. The zero-order valence-electron chi connectivity index (χ0n) is 9.25. The van der Waals surface area contributed by atoms with E-state index in [0.29, 0.717) is 6.04 Å². The van der Waals surface area contributed by atoms with Gasteiger partial charge in [-0.2, -0.15) is 0 Å². The largest absolute Gasteiger partial charge is 0.297 e. The van der Waals surface area contributed by atoms with Gasteiger partial charge in [-0.05, 0) is 37.6 Å². The summed E-state index contributed by atoms with van der Waals surface area (Å²) in [5.41, 5.74) is 1.31. The van der Waals surface area contributed by atoms with Crippen LogP contribution in [0.15, 0.2) is 24.3 Å². The third kappa shape index (κ3) is 2.35. The Balaban J connectivity index is 2.24. The minimum atomic E-state index is 0.539. The number of benzene rings is 1. The second-order valence-corrected chi connectivity index (χ2v) is 4.57. The van der Waals surface area contributed by atoms with Crippen molar-refractivity contribution in [3.63, 3.8) is 0 Å². The van der Waals surface area contributed by atoms with Crippen molar-refractivity contribution in [2.75, 3.05) is 13.1 Å². The topological polar surface area (TPSA) is 3.24 Å². The fourth-order valence-corrected chi connectivity index (χ4v) is 2.73. The lowest BCUT2D eigenvalue weighted by molar-refractivity contribution is 0.157. The van der Waals surface area contributed by atoms with Crippen molar-refractivity contribution in [1.82, 2.24) is 4.90 Å². The first kappa shape index (κ1) is 11.0. The first-order valence-electron chi connectivity index (χ1n) is 5.81. The van der Waals surface area contributed by atoms with Gasteiger partial charge in [0.05, 0.1) is 0 Å². The number of hydrogen-bond acceptors (Lipinski definition) is 1. The maximum atomic E-state index is 6.25. The summed E-state index contributed by atoms with van der Waals surface area (Å²) in [6.45, 7) is 4.57. The third-order valence-corrected chi connectivity index (χ3v) is 3.63. The molecule has 1 atom stereocenters. The van der Waals surface area contributed by atoms with E-state index in [2.05, 4.69) is 24.0 Å². The summed E-state index contributed by atoms with van der Waals surface area (Å²) in [5.74, 6) is 0. The highest BCUT2D eigenvalue weighted by Gasteiger charge is 2.23. The summed E-state index contributed by atoms with van der Waals surface area (Å²) in [7, 11) is 0. The predicted molar refractivity (Wildman–Crippen MR) is 65.3 cm³/mol. The molecule has 1 aliphatic heterocycles. The van der Waals surface area contributed by atoms with Crippen molar-refractivity contribution < 1.29 is 0 Å². The van der Waals surface area contributed by atoms with Crippen molar-refractivity contribution in [2.45, 2.75) is 32.2 Å². The normalized spacial score (nSPS) is 22.9. The number of piperidine rings is 1. The van der Waals surface area contributed by atoms with Crippen molar-refractivity contribution in [1.29, 1.82) is 0 Å². The molecule has 0 spiro atoms. The lowest BCUT2D eigenvalue weighted by Gasteiger charge is -2.35. The van der Waals surface area contributed by atoms with Gasteiger partial charge in [0, 0.05) is 11.1 Å². The molecular weight excluding hydrogens is 206 g/mol. The molecule has 0 aromatic heterocycles. The Morgan fingerprint density at radius 3 is 2.87 bits per heavy atom. The van der Waals surface area contributed by atoms with Crippen LogP contribution in [0.4, 0.5) is 0 Å². The van der Waals surface area contributed by atoms with Gasteiger partial charge >= 0.3 is 0 Å². The molecule has 0 N–H and O–H groups in total. The van der Waals surface area contributed by atoms with Crippen LogP contribution < -0.4 is 0 Å². The number of rotatable bonds is 2. The van der Waals surface area contributed by atoms with E-state index < -0.39 is 0 Å². The lowest BCUT2D eigenvalue weighted by atomic mass is 9.95. The van der Waals surface area contributed by atoms with Gasteiger partial charge in [-0.3, -0.25) is 4.90 Å². The van der Waals surface area contributed by atoms with Crippen LogP contribution in [0.2, 0.25) is 5.02 Å². The van der Waals surface area contributed by atoms with Gasteiger partial charge in [0.2, 0.25) is 0 Å². The molecule has 1 fully saturated rings. The van der Waals surface area contributed by atoms with Crippen LogP contribution in [-0.2, 0) is 0 Å². The molecule has 1 aromatic carbocycles. The van der Waals surface area contributed by atoms with Crippen molar-refractivity contribution in [3.05, 3.63) is 34.9 Å². The van der Waals surface area contributed by atoms with Gasteiger partial charge in [0.1, 0.15) is 0 Å². The maximum absolute atomic E-state index is 6.25. The fourth-order valence-electron chi connectivity index (χ4n) is 2.47. The van der Waals surface area contributed by atoms with Crippen molar-refractivity contribution in [3.8, 4) is 0 Å². The Kier molecular flexibility index (Phi) is 3.66. The summed E-state index contributed by atoms with van der Waals surface area (Å²) in [5, 5.41) is 0.919. The molecular formula is C13H18ClN. The average Bonchev–Trinajstić information content (AvgIpc) is 2.30. The zero-order valence-corrected chi connectivity index (χ0v) is 10.0. The molecule has 1 aromatic rings. The summed E-state index contributed by atoms with van der Waals surface area (Å²) in [6, 6.07) is 8.80. The Hall–Kier alpha value is -0.530. The van der Waals surface area contributed by atoms with Crippen LogP contribution in [0, 0.1) is 0 Å². The van der Waals surface area contributed by atoms with E-state index in [1.165, 1.54) is 31.4 Å². The quantitative estimate of drug-likeness (QED) is 0.736. The molecule has 82 valence electrons. The summed E-state index contributed by atoms with van der Waals surface area (Å²) in [4.78, 5) is 2.53. The van der Waals surface area contributed by atoms with E-state index in [9.17, 15) is 0 Å². The van der Waals surface area contributed by atoms with Gasteiger partial charge in [-0.15, -0.1) is 0 Å². The summed E-state index contributed by atoms with van der Waals surface area (Å²) < 4.78 is 0. The molecule has 1 saturated heterocycles. The van der Waals surface area contributed by atoms with Gasteiger partial charge in [0.25, 0.3) is 0 Å². The van der Waals surface area contributed by atoms with Crippen LogP contribution in [0.3, 0.4) is 0 Å². The molecule has 0 aliphatic carbocycles. The number of halogens is 1. The molecule has 2 rings (SSSR count). The van der Waals surface area contributed by atoms with Gasteiger partial charge in [-0.25, -0.2) is 0 Å². The Morgan fingerprint density at radius 2 is 2.13 bits per heavy atom. The minimum absolute atomic E-state index is 0.539. The third-order valence-electron chi connectivity index (χ3n) is 3.28. The Bertz CT molecular complexity index is 324. The molecule has 0 amide bonds. The highest BCUT2D eigenvalue weighted by molar-refractivity contribution is 6.31. The molecule has 0 bridgehead atoms. The van der Waals surface area contributed by atoms with Crippen LogP contribution in [0.1, 0.15) is 37.8 Å². The maximum Gasteiger partial charge on any atom is 0.0453 e. The van der Waals surface area contributed by atoms with E-state index in [1.54, 1.807) is 0 Å². The molecule has 1 unspecified atom stereocenters. The fraction of sp³-hybridized carbons (Fsp3) is 0.538. The first-order valence-corrected chi connectivity index (χ1v) is 6.19. The van der Waals surface area contributed by atoms with E-state index in [4.69, 9.17) is 11.6 Å². The Morgan fingerprint density at radius 1 is 1.33 bits per heavy atom.